The number of nitrogens with zero attached hydrogens (tertiary/aromatic N) is 2. The summed E-state index contributed by atoms with van der Waals surface area (Å²) < 4.78 is 1.78. The van der Waals surface area contributed by atoms with E-state index < -0.39 is 5.56 Å². The molecule has 0 fully saturated rings. The third-order valence-corrected chi connectivity index (χ3v) is 5.57. The minimum Gasteiger partial charge on any atom is -0.494 e. The van der Waals surface area contributed by atoms with Gasteiger partial charge in [0.2, 0.25) is 11.8 Å². The molecule has 7 nitrogen and oxygen atoms in total. The van der Waals surface area contributed by atoms with Crippen LogP contribution in [0.5, 0.6) is 5.88 Å². The lowest BCUT2D eigenvalue weighted by molar-refractivity contribution is -0.118. The maximum atomic E-state index is 12.6. The number of fused-ring (bicyclic) bond motifs is 1. The Bertz CT molecular complexity index is 1240. The largest absolute Gasteiger partial charge is 0.494 e. The van der Waals surface area contributed by atoms with Crippen LogP contribution in [0.25, 0.3) is 11.6 Å². The fraction of sp³-hybridized carbons (Fsp3) is 0.391. The smallest absolute Gasteiger partial charge is 0.262 e. The second-order valence-electron chi connectivity index (χ2n) is 7.58. The average Bonchev–Trinajstić information content (AvgIpc) is 3.07. The standard InChI is InChI=1S/C23H28N4O3S/c1-3-4-5-8-13-27-22(30)18(21(29)26-23(27)31)14-20-17(11-12-24-15(2)28)16-9-6-7-10-19(16)25-20/h6-7,9-10,14,30H,3-5,8,11-13H2,1-2H3,(H,24,28)(H,26,29,31). The molecule has 0 saturated carbocycles. The zero-order valence-corrected chi connectivity index (χ0v) is 18.7. The van der Waals surface area contributed by atoms with E-state index in [1.807, 2.05) is 24.3 Å². The van der Waals surface area contributed by atoms with E-state index in [9.17, 15) is 14.7 Å². The van der Waals surface area contributed by atoms with Crippen molar-refractivity contribution in [3.63, 3.8) is 0 Å². The zero-order chi connectivity index (χ0) is 22.4. The Morgan fingerprint density at radius 3 is 2.81 bits per heavy atom. The Morgan fingerprint density at radius 2 is 2.06 bits per heavy atom. The van der Waals surface area contributed by atoms with Crippen molar-refractivity contribution in [1.29, 1.82) is 0 Å². The van der Waals surface area contributed by atoms with Crippen LogP contribution in [0.4, 0.5) is 0 Å². The molecule has 1 aromatic heterocycles. The van der Waals surface area contributed by atoms with Crippen LogP contribution in [-0.2, 0) is 11.3 Å². The highest BCUT2D eigenvalue weighted by Gasteiger charge is 2.17. The number of aromatic nitrogens is 2. The van der Waals surface area contributed by atoms with Gasteiger partial charge in [-0.3, -0.25) is 19.1 Å². The molecule has 0 saturated heterocycles. The number of H-pyrrole nitrogens is 1. The molecule has 0 atom stereocenters. The van der Waals surface area contributed by atoms with Crippen molar-refractivity contribution in [2.24, 2.45) is 4.99 Å². The number of para-hydroxylation sites is 1. The predicted octanol–water partition coefficient (Wildman–Crippen LogP) is 2.54. The number of allylic oxidation sites excluding steroid dienone is 1. The molecule has 8 heteroatoms. The fourth-order valence-corrected chi connectivity index (χ4v) is 3.92. The number of hydrogen-bond donors (Lipinski definition) is 3. The second kappa shape index (κ2) is 10.3. The van der Waals surface area contributed by atoms with Crippen LogP contribution in [-0.4, -0.2) is 27.1 Å². The third kappa shape index (κ3) is 5.38. The highest BCUT2D eigenvalue weighted by atomic mass is 32.1. The molecule has 1 amide bonds. The monoisotopic (exact) mass is 440 g/mol. The van der Waals surface area contributed by atoms with Gasteiger partial charge >= 0.3 is 0 Å². The number of nitrogens with one attached hydrogen (secondary N) is 2. The Kier molecular flexibility index (Phi) is 7.57. The molecule has 0 aliphatic carbocycles. The lowest BCUT2D eigenvalue weighted by Crippen LogP contribution is -2.25. The Balaban J connectivity index is 2.01. The zero-order valence-electron chi connectivity index (χ0n) is 17.9. The van der Waals surface area contributed by atoms with E-state index in [1.54, 1.807) is 10.6 Å². The number of rotatable bonds is 9. The first-order chi connectivity index (χ1) is 14.9. The van der Waals surface area contributed by atoms with Gasteiger partial charge in [-0.25, -0.2) is 4.99 Å². The molecule has 1 aliphatic rings. The Morgan fingerprint density at radius 1 is 1.29 bits per heavy atom. The van der Waals surface area contributed by atoms with Crippen molar-refractivity contribution in [1.82, 2.24) is 14.9 Å². The quantitative estimate of drug-likeness (QED) is 0.412. The van der Waals surface area contributed by atoms with Crippen LogP contribution >= 0.6 is 12.2 Å². The molecule has 0 unspecified atom stereocenters. The van der Waals surface area contributed by atoms with Crippen LogP contribution in [0.2, 0.25) is 0 Å². The van der Waals surface area contributed by atoms with Crippen molar-refractivity contribution < 1.29 is 9.90 Å². The molecule has 31 heavy (non-hydrogen) atoms. The van der Waals surface area contributed by atoms with E-state index in [2.05, 4.69) is 22.2 Å². The van der Waals surface area contributed by atoms with Gasteiger partial charge in [-0.1, -0.05) is 44.4 Å². The predicted molar refractivity (Wildman–Crippen MR) is 124 cm³/mol. The summed E-state index contributed by atoms with van der Waals surface area (Å²) in [5.74, 6) is -0.251. The van der Waals surface area contributed by atoms with Crippen LogP contribution in [0, 0.1) is 4.77 Å². The molecule has 1 aromatic carbocycles. The van der Waals surface area contributed by atoms with Crippen LogP contribution in [0.3, 0.4) is 0 Å². The average molecular weight is 441 g/mol. The summed E-state index contributed by atoms with van der Waals surface area (Å²) in [6.07, 6.45) is 6.27. The van der Waals surface area contributed by atoms with Crippen LogP contribution in [0.1, 0.15) is 51.5 Å². The molecule has 1 aliphatic heterocycles. The van der Waals surface area contributed by atoms with Crippen molar-refractivity contribution in [3.8, 4) is 5.88 Å². The molecule has 164 valence electrons. The maximum Gasteiger partial charge on any atom is 0.262 e. The van der Waals surface area contributed by atoms with Crippen LogP contribution in [0.15, 0.2) is 39.7 Å². The highest BCUT2D eigenvalue weighted by molar-refractivity contribution is 7.71. The second-order valence-corrected chi connectivity index (χ2v) is 7.97. The summed E-state index contributed by atoms with van der Waals surface area (Å²) >= 11 is 5.27. The normalized spacial score (nSPS) is 13.9. The van der Waals surface area contributed by atoms with E-state index in [0.29, 0.717) is 25.2 Å². The lowest BCUT2D eigenvalue weighted by atomic mass is 10.1. The number of hydrogen-bond acceptors (Lipinski definition) is 5. The van der Waals surface area contributed by atoms with Gasteiger partial charge in [0.1, 0.15) is 5.56 Å². The molecule has 3 N–H and O–H groups in total. The first-order valence-electron chi connectivity index (χ1n) is 10.6. The van der Waals surface area contributed by atoms with Gasteiger partial charge in [0.25, 0.3) is 5.56 Å². The molecular formula is C23H28N4O3S. The van der Waals surface area contributed by atoms with E-state index in [-0.39, 0.29) is 22.1 Å². The highest BCUT2D eigenvalue weighted by Crippen LogP contribution is 2.24. The van der Waals surface area contributed by atoms with Gasteiger partial charge in [-0.15, -0.1) is 0 Å². The maximum absolute atomic E-state index is 12.6. The summed E-state index contributed by atoms with van der Waals surface area (Å²) in [7, 11) is 0. The minimum absolute atomic E-state index is 0.103. The summed E-state index contributed by atoms with van der Waals surface area (Å²) in [6.45, 7) is 4.60. The first-order valence-corrected chi connectivity index (χ1v) is 11.0. The van der Waals surface area contributed by atoms with E-state index in [1.165, 1.54) is 6.92 Å². The Hall–Kier alpha value is -3.00. The summed E-state index contributed by atoms with van der Waals surface area (Å²) in [6, 6.07) is 7.69. The topological polar surface area (TPSA) is 99.5 Å². The minimum atomic E-state index is -0.452. The summed E-state index contributed by atoms with van der Waals surface area (Å²) in [5, 5.41) is 15.4. The molecule has 0 bridgehead atoms. The number of carbonyl (C=O) groups is 1. The number of aromatic amines is 1. The van der Waals surface area contributed by atoms with E-state index >= 15 is 0 Å². The number of benzene rings is 1. The van der Waals surface area contributed by atoms with Crippen molar-refractivity contribution >= 4 is 29.8 Å². The van der Waals surface area contributed by atoms with Crippen molar-refractivity contribution in [2.75, 3.05) is 6.54 Å². The number of carbonyl (C=O) groups excluding carboxylic acids is 1. The summed E-state index contributed by atoms with van der Waals surface area (Å²) in [4.78, 5) is 31.2. The lowest BCUT2D eigenvalue weighted by Gasteiger charge is -2.12. The molecule has 3 rings (SSSR count). The van der Waals surface area contributed by atoms with Crippen LogP contribution < -0.4 is 21.5 Å². The first kappa shape index (κ1) is 22.7. The number of amides is 1. The number of aromatic hydroxyl groups is 1. The molecule has 2 heterocycles. The van der Waals surface area contributed by atoms with Gasteiger partial charge < -0.3 is 10.4 Å². The van der Waals surface area contributed by atoms with Gasteiger partial charge in [-0.2, -0.15) is 0 Å². The SMILES string of the molecule is CCCCCCn1c(O)c(C=C2N=c3ccccc3=C2CCNC(C)=O)c(=O)[nH]c1=S. The molecular weight excluding hydrogens is 412 g/mol. The molecule has 2 aromatic rings. The van der Waals surface area contributed by atoms with Gasteiger partial charge in [0, 0.05) is 25.2 Å². The van der Waals surface area contributed by atoms with Gasteiger partial charge in [0.15, 0.2) is 4.77 Å². The van der Waals surface area contributed by atoms with Crippen molar-refractivity contribution in [3.05, 3.63) is 61.2 Å². The van der Waals surface area contributed by atoms with Gasteiger partial charge in [-0.05, 0) is 42.8 Å². The van der Waals surface area contributed by atoms with Gasteiger partial charge in [0.05, 0.1) is 11.1 Å². The molecule has 0 spiro atoms. The summed E-state index contributed by atoms with van der Waals surface area (Å²) in [5.41, 5.74) is 1.20. The van der Waals surface area contributed by atoms with E-state index in [4.69, 9.17) is 12.2 Å². The third-order valence-electron chi connectivity index (χ3n) is 5.25. The van der Waals surface area contributed by atoms with Crippen molar-refractivity contribution in [2.45, 2.75) is 52.5 Å². The van der Waals surface area contributed by atoms with E-state index in [0.717, 1.165) is 41.8 Å². The fourth-order valence-electron chi connectivity index (χ4n) is 3.65. The molecule has 0 radical (unpaired) electrons. The number of unbranched alkanes of at least 4 members (excludes halogenated alkanes) is 3. The Labute approximate surface area is 185 Å².